The number of amides is 1. The number of carbonyl (C=O) groups excluding carboxylic acids is 1. The first-order chi connectivity index (χ1) is 17.4. The van der Waals surface area contributed by atoms with Gasteiger partial charge in [-0.3, -0.25) is 9.78 Å². The predicted molar refractivity (Wildman–Crippen MR) is 138 cm³/mol. The van der Waals surface area contributed by atoms with E-state index in [1.807, 2.05) is 37.3 Å². The van der Waals surface area contributed by atoms with Gasteiger partial charge in [-0.25, -0.2) is 9.37 Å². The van der Waals surface area contributed by atoms with Crippen LogP contribution in [0.4, 0.5) is 4.39 Å². The first-order valence-corrected chi connectivity index (χ1v) is 12.0. The van der Waals surface area contributed by atoms with Crippen LogP contribution in [-0.4, -0.2) is 47.0 Å². The number of hydrogen-bond donors (Lipinski definition) is 1. The molecule has 6 nitrogen and oxygen atoms in total. The summed E-state index contributed by atoms with van der Waals surface area (Å²) in [5.41, 5.74) is 5.09. The molecule has 36 heavy (non-hydrogen) atoms. The predicted octanol–water partition coefficient (Wildman–Crippen LogP) is 5.11. The van der Waals surface area contributed by atoms with E-state index in [1.165, 1.54) is 12.1 Å². The smallest absolute Gasteiger partial charge is 0.255 e. The van der Waals surface area contributed by atoms with Gasteiger partial charge in [0.15, 0.2) is 0 Å². The number of halogens is 1. The molecule has 0 aliphatic carbocycles. The molecule has 4 aromatic rings. The van der Waals surface area contributed by atoms with Gasteiger partial charge in [0.25, 0.3) is 5.91 Å². The fourth-order valence-electron chi connectivity index (χ4n) is 4.90. The van der Waals surface area contributed by atoms with Crippen LogP contribution in [0.15, 0.2) is 60.9 Å². The number of aryl methyl sites for hydroxylation is 1. The number of hydrogen-bond acceptors (Lipinski definition) is 5. The second-order valence-electron chi connectivity index (χ2n) is 9.32. The molecular weight excluding hydrogens is 453 g/mol. The molecule has 1 aliphatic heterocycles. The highest BCUT2D eigenvalue weighted by Crippen LogP contribution is 2.33. The van der Waals surface area contributed by atoms with Crippen molar-refractivity contribution in [1.29, 1.82) is 5.26 Å². The third kappa shape index (κ3) is 4.68. The first kappa shape index (κ1) is 23.6. The van der Waals surface area contributed by atoms with Crippen molar-refractivity contribution < 1.29 is 9.18 Å². The van der Waals surface area contributed by atoms with Crippen LogP contribution in [0.2, 0.25) is 0 Å². The lowest BCUT2D eigenvalue weighted by atomic mass is 9.93. The molecule has 5 rings (SSSR count). The van der Waals surface area contributed by atoms with Gasteiger partial charge in [-0.05, 0) is 85.0 Å². The maximum Gasteiger partial charge on any atom is 0.255 e. The van der Waals surface area contributed by atoms with Gasteiger partial charge in [0.1, 0.15) is 17.6 Å². The summed E-state index contributed by atoms with van der Waals surface area (Å²) >= 11 is 0. The van der Waals surface area contributed by atoms with E-state index in [0.29, 0.717) is 39.8 Å². The van der Waals surface area contributed by atoms with E-state index in [4.69, 9.17) is 0 Å². The normalized spacial score (nSPS) is 15.1. The monoisotopic (exact) mass is 479 g/mol. The molecule has 1 aliphatic rings. The second kappa shape index (κ2) is 9.84. The third-order valence-corrected chi connectivity index (χ3v) is 6.65. The van der Waals surface area contributed by atoms with Crippen LogP contribution in [0.1, 0.15) is 34.5 Å². The van der Waals surface area contributed by atoms with Crippen LogP contribution >= 0.6 is 0 Å². The molecule has 1 amide bonds. The van der Waals surface area contributed by atoms with Crippen LogP contribution in [0.25, 0.3) is 33.2 Å². The summed E-state index contributed by atoms with van der Waals surface area (Å²) in [6.45, 7) is 3.37. The van der Waals surface area contributed by atoms with Crippen molar-refractivity contribution in [2.45, 2.75) is 25.8 Å². The van der Waals surface area contributed by atoms with Gasteiger partial charge in [0, 0.05) is 43.0 Å². The molecule has 1 saturated heterocycles. The molecule has 0 bridgehead atoms. The Kier molecular flexibility index (Phi) is 6.45. The molecule has 0 saturated carbocycles. The minimum Gasteiger partial charge on any atom is -0.340 e. The topological polar surface area (TPSA) is 81.9 Å². The summed E-state index contributed by atoms with van der Waals surface area (Å²) < 4.78 is 14.4. The van der Waals surface area contributed by atoms with Gasteiger partial charge < -0.3 is 10.2 Å². The summed E-state index contributed by atoms with van der Waals surface area (Å²) in [7, 11) is 1.81. The maximum absolute atomic E-state index is 14.4. The van der Waals surface area contributed by atoms with E-state index in [1.54, 1.807) is 30.4 Å². The van der Waals surface area contributed by atoms with Crippen molar-refractivity contribution in [3.63, 3.8) is 0 Å². The number of aromatic nitrogens is 2. The maximum atomic E-state index is 14.4. The molecule has 0 radical (unpaired) electrons. The Balaban J connectivity index is 1.69. The Morgan fingerprint density at radius 3 is 2.72 bits per heavy atom. The van der Waals surface area contributed by atoms with Crippen LogP contribution < -0.4 is 5.32 Å². The van der Waals surface area contributed by atoms with E-state index in [0.717, 1.165) is 36.1 Å². The summed E-state index contributed by atoms with van der Waals surface area (Å²) in [4.78, 5) is 24.4. The van der Waals surface area contributed by atoms with Gasteiger partial charge in [0.2, 0.25) is 0 Å². The summed E-state index contributed by atoms with van der Waals surface area (Å²) in [6.07, 6.45) is 5.37. The van der Waals surface area contributed by atoms with Crippen molar-refractivity contribution >= 4 is 16.8 Å². The second-order valence-corrected chi connectivity index (χ2v) is 9.32. The van der Waals surface area contributed by atoms with Gasteiger partial charge in [-0.2, -0.15) is 5.26 Å². The van der Waals surface area contributed by atoms with E-state index in [2.05, 4.69) is 21.4 Å². The van der Waals surface area contributed by atoms with Crippen LogP contribution in [0.3, 0.4) is 0 Å². The number of nitrogens with one attached hydrogen (secondary N) is 1. The molecule has 0 unspecified atom stereocenters. The summed E-state index contributed by atoms with van der Waals surface area (Å²) in [5.74, 6) is -0.501. The van der Waals surface area contributed by atoms with Gasteiger partial charge in [-0.1, -0.05) is 12.1 Å². The van der Waals surface area contributed by atoms with E-state index in [9.17, 15) is 14.4 Å². The Bertz CT molecular complexity index is 1480. The number of nitrogens with zero attached hydrogens (tertiary/aromatic N) is 4. The van der Waals surface area contributed by atoms with Crippen molar-refractivity contribution in [2.24, 2.45) is 0 Å². The number of rotatable bonds is 5. The lowest BCUT2D eigenvalue weighted by molar-refractivity contribution is 0.0786. The SMILES string of the molecule is Cc1cc(F)cc(-c2cnc3ccc(-c4ccnc(C#N)c4)cc3c2C(=O)N(C)C[C@@H]2CCCN2)c1. The molecule has 1 atom stereocenters. The average Bonchev–Trinajstić information content (AvgIpc) is 3.39. The van der Waals surface area contributed by atoms with Crippen LogP contribution in [-0.2, 0) is 0 Å². The number of nitriles is 1. The molecule has 1 N–H and O–H groups in total. The minimum absolute atomic E-state index is 0.141. The lowest BCUT2D eigenvalue weighted by Crippen LogP contribution is -2.38. The van der Waals surface area contributed by atoms with Crippen molar-refractivity contribution in [1.82, 2.24) is 20.2 Å². The zero-order valence-electron chi connectivity index (χ0n) is 20.3. The first-order valence-electron chi connectivity index (χ1n) is 12.0. The summed E-state index contributed by atoms with van der Waals surface area (Å²) in [6, 6.07) is 16.3. The molecule has 1 fully saturated rings. The quantitative estimate of drug-likeness (QED) is 0.430. The molecule has 7 heteroatoms. The van der Waals surface area contributed by atoms with Crippen LogP contribution in [0.5, 0.6) is 0 Å². The van der Waals surface area contributed by atoms with E-state index >= 15 is 0 Å². The van der Waals surface area contributed by atoms with Gasteiger partial charge in [0.05, 0.1) is 11.1 Å². The minimum atomic E-state index is -0.360. The summed E-state index contributed by atoms with van der Waals surface area (Å²) in [5, 5.41) is 13.4. The highest BCUT2D eigenvalue weighted by molar-refractivity contribution is 6.12. The zero-order chi connectivity index (χ0) is 25.2. The van der Waals surface area contributed by atoms with E-state index < -0.39 is 0 Å². The largest absolute Gasteiger partial charge is 0.340 e. The zero-order valence-corrected chi connectivity index (χ0v) is 20.3. The number of benzene rings is 2. The third-order valence-electron chi connectivity index (χ3n) is 6.65. The fourth-order valence-corrected chi connectivity index (χ4v) is 4.90. The van der Waals surface area contributed by atoms with E-state index in [-0.39, 0.29) is 17.8 Å². The number of fused-ring (bicyclic) bond motifs is 1. The highest BCUT2D eigenvalue weighted by atomic mass is 19.1. The highest BCUT2D eigenvalue weighted by Gasteiger charge is 2.25. The Labute approximate surface area is 209 Å². The van der Waals surface area contributed by atoms with Crippen LogP contribution in [0, 0.1) is 24.1 Å². The van der Waals surface area contributed by atoms with Gasteiger partial charge in [-0.15, -0.1) is 0 Å². The molecule has 180 valence electrons. The molecule has 0 spiro atoms. The Morgan fingerprint density at radius 1 is 1.14 bits per heavy atom. The molecule has 3 heterocycles. The van der Waals surface area contributed by atoms with Crippen molar-refractivity contribution in [3.8, 4) is 28.3 Å². The van der Waals surface area contributed by atoms with Gasteiger partial charge >= 0.3 is 0 Å². The Hall–Kier alpha value is -4.15. The molecular formula is C29H26FN5O. The van der Waals surface area contributed by atoms with Crippen molar-refractivity contribution in [2.75, 3.05) is 20.1 Å². The molecule has 2 aromatic carbocycles. The van der Waals surface area contributed by atoms with Crippen molar-refractivity contribution in [3.05, 3.63) is 83.6 Å². The molecule has 2 aromatic heterocycles. The lowest BCUT2D eigenvalue weighted by Gasteiger charge is -2.24. The average molecular weight is 480 g/mol. The number of pyridine rings is 2. The standard InChI is InChI=1S/C29H26FN5O/c1-18-10-21(12-22(30)11-18)26-16-34-27-6-5-19(20-7-9-33-24(13-20)15-31)14-25(27)28(26)29(36)35(2)17-23-4-3-8-32-23/h5-7,9-14,16,23,32H,3-4,8,17H2,1-2H3/t23-/m0/s1. The number of likely N-dealkylation sites (N-methyl/N-ethyl adjacent to an activating group) is 1. The Morgan fingerprint density at radius 2 is 1.97 bits per heavy atom. The number of carbonyl (C=O) groups is 1. The fraction of sp³-hybridized carbons (Fsp3) is 0.241.